The maximum absolute atomic E-state index is 10.5. The SMILES string of the molecule is [B]/C=C1/CC1(CO)COC(C)=O. The van der Waals surface area contributed by atoms with E-state index in [2.05, 4.69) is 0 Å². The Bertz CT molecular complexity index is 224. The number of hydrogen-bond donors (Lipinski definition) is 1. The van der Waals surface area contributed by atoms with Crippen LogP contribution in [0.3, 0.4) is 0 Å². The Morgan fingerprint density at radius 3 is 2.92 bits per heavy atom. The van der Waals surface area contributed by atoms with Crippen molar-refractivity contribution in [1.29, 1.82) is 0 Å². The molecule has 1 atom stereocenters. The summed E-state index contributed by atoms with van der Waals surface area (Å²) in [6.07, 6.45) is 0.729. The summed E-state index contributed by atoms with van der Waals surface area (Å²) in [6, 6.07) is 0. The van der Waals surface area contributed by atoms with Crippen molar-refractivity contribution in [1.82, 2.24) is 0 Å². The van der Waals surface area contributed by atoms with Gasteiger partial charge < -0.3 is 9.84 Å². The fourth-order valence-corrected chi connectivity index (χ4v) is 1.14. The van der Waals surface area contributed by atoms with Crippen LogP contribution in [0.15, 0.2) is 11.5 Å². The van der Waals surface area contributed by atoms with Crippen LogP contribution < -0.4 is 0 Å². The third kappa shape index (κ3) is 1.69. The number of aliphatic hydroxyl groups is 1. The highest BCUT2D eigenvalue weighted by molar-refractivity contribution is 6.17. The van der Waals surface area contributed by atoms with Gasteiger partial charge in [-0.05, 0) is 6.42 Å². The number of rotatable bonds is 3. The summed E-state index contributed by atoms with van der Waals surface area (Å²) in [7, 11) is 5.28. The first-order valence-corrected chi connectivity index (χ1v) is 3.80. The lowest BCUT2D eigenvalue weighted by Gasteiger charge is -2.10. The maximum Gasteiger partial charge on any atom is 0.302 e. The zero-order chi connectivity index (χ0) is 9.19. The zero-order valence-electron chi connectivity index (χ0n) is 7.04. The van der Waals surface area contributed by atoms with E-state index in [1.807, 2.05) is 0 Å². The third-order valence-electron chi connectivity index (χ3n) is 2.14. The Kier molecular flexibility index (Phi) is 2.57. The van der Waals surface area contributed by atoms with Crippen LogP contribution in [0.2, 0.25) is 0 Å². The van der Waals surface area contributed by atoms with Crippen molar-refractivity contribution in [2.75, 3.05) is 13.2 Å². The van der Waals surface area contributed by atoms with Gasteiger partial charge in [-0.15, -0.1) is 5.98 Å². The Balaban J connectivity index is 2.44. The molecule has 1 unspecified atom stereocenters. The summed E-state index contributed by atoms with van der Waals surface area (Å²) in [5.41, 5.74) is 0.603. The van der Waals surface area contributed by atoms with E-state index < -0.39 is 0 Å². The van der Waals surface area contributed by atoms with Gasteiger partial charge in [0.05, 0.1) is 12.0 Å². The molecule has 0 aromatic rings. The molecule has 4 heteroatoms. The minimum Gasteiger partial charge on any atom is -0.465 e. The van der Waals surface area contributed by atoms with Gasteiger partial charge >= 0.3 is 5.97 Å². The normalized spacial score (nSPS) is 30.3. The van der Waals surface area contributed by atoms with Crippen molar-refractivity contribution in [3.63, 3.8) is 0 Å². The number of hydrogen-bond acceptors (Lipinski definition) is 3. The quantitative estimate of drug-likeness (QED) is 0.473. The highest BCUT2D eigenvalue weighted by Crippen LogP contribution is 2.51. The molecule has 1 N–H and O–H groups in total. The third-order valence-corrected chi connectivity index (χ3v) is 2.14. The molecule has 1 saturated carbocycles. The fourth-order valence-electron chi connectivity index (χ4n) is 1.14. The predicted molar refractivity (Wildman–Crippen MR) is 44.6 cm³/mol. The molecule has 1 aliphatic rings. The summed E-state index contributed by atoms with van der Waals surface area (Å²) in [5, 5.41) is 8.98. The average molecular weight is 166 g/mol. The zero-order valence-corrected chi connectivity index (χ0v) is 7.04. The summed E-state index contributed by atoms with van der Waals surface area (Å²) >= 11 is 0. The minimum absolute atomic E-state index is 0.0106. The van der Waals surface area contributed by atoms with Gasteiger partial charge in [-0.25, -0.2) is 0 Å². The van der Waals surface area contributed by atoms with Gasteiger partial charge in [0.1, 0.15) is 14.5 Å². The Morgan fingerprint density at radius 1 is 1.92 bits per heavy atom. The van der Waals surface area contributed by atoms with E-state index in [9.17, 15) is 4.79 Å². The van der Waals surface area contributed by atoms with Crippen LogP contribution in [-0.2, 0) is 9.53 Å². The summed E-state index contributed by atoms with van der Waals surface area (Å²) in [5.74, 6) is 1.14. The molecular formula is C8H11BO3. The lowest BCUT2D eigenvalue weighted by molar-refractivity contribution is -0.143. The highest BCUT2D eigenvalue weighted by atomic mass is 16.5. The molecule has 0 aliphatic heterocycles. The van der Waals surface area contributed by atoms with E-state index in [1.54, 1.807) is 0 Å². The molecule has 0 aromatic heterocycles. The van der Waals surface area contributed by atoms with Crippen molar-refractivity contribution in [3.8, 4) is 0 Å². The van der Waals surface area contributed by atoms with E-state index in [0.717, 1.165) is 12.0 Å². The molecule has 0 heterocycles. The van der Waals surface area contributed by atoms with E-state index in [4.69, 9.17) is 17.7 Å². The number of esters is 1. The van der Waals surface area contributed by atoms with Crippen molar-refractivity contribution in [2.45, 2.75) is 13.3 Å². The molecule has 1 aliphatic carbocycles. The smallest absolute Gasteiger partial charge is 0.302 e. The number of carbonyl (C=O) groups excluding carboxylic acids is 1. The van der Waals surface area contributed by atoms with Crippen LogP contribution in [-0.4, -0.2) is 32.1 Å². The lowest BCUT2D eigenvalue weighted by atomic mass is 10.0. The molecule has 0 amide bonds. The van der Waals surface area contributed by atoms with Crippen LogP contribution in [0.4, 0.5) is 0 Å². The molecule has 3 nitrogen and oxygen atoms in total. The molecule has 0 spiro atoms. The second-order valence-electron chi connectivity index (χ2n) is 3.09. The molecule has 0 saturated heterocycles. The molecule has 1 rings (SSSR count). The monoisotopic (exact) mass is 166 g/mol. The summed E-state index contributed by atoms with van der Waals surface area (Å²) < 4.78 is 4.80. The van der Waals surface area contributed by atoms with Crippen LogP contribution in [0.1, 0.15) is 13.3 Å². The number of ether oxygens (including phenoxy) is 1. The van der Waals surface area contributed by atoms with E-state index >= 15 is 0 Å². The molecular weight excluding hydrogens is 155 g/mol. The standard InChI is InChI=1S/C8H11BO3/c1-6(11)12-5-8(4-10)2-7(8)3-9/h3,10H,2,4-5H2,1H3/b7-3-. The second-order valence-corrected chi connectivity index (χ2v) is 3.09. The minimum atomic E-state index is -0.361. The first kappa shape index (κ1) is 9.32. The Morgan fingerprint density at radius 2 is 2.58 bits per heavy atom. The first-order chi connectivity index (χ1) is 5.64. The van der Waals surface area contributed by atoms with Gasteiger partial charge in [0.2, 0.25) is 0 Å². The molecule has 0 bridgehead atoms. The first-order valence-electron chi connectivity index (χ1n) is 3.80. The average Bonchev–Trinajstić information content (AvgIpc) is 2.76. The molecule has 64 valence electrons. The van der Waals surface area contributed by atoms with Crippen molar-refractivity contribution in [3.05, 3.63) is 11.5 Å². The largest absolute Gasteiger partial charge is 0.465 e. The van der Waals surface area contributed by atoms with Crippen LogP contribution in [0.25, 0.3) is 0 Å². The second kappa shape index (κ2) is 3.31. The van der Waals surface area contributed by atoms with E-state index in [-0.39, 0.29) is 24.6 Å². The van der Waals surface area contributed by atoms with Gasteiger partial charge in [0.25, 0.3) is 0 Å². The highest BCUT2D eigenvalue weighted by Gasteiger charge is 2.48. The van der Waals surface area contributed by atoms with Crippen molar-refractivity contribution < 1.29 is 14.6 Å². The van der Waals surface area contributed by atoms with Crippen LogP contribution in [0, 0.1) is 5.41 Å². The van der Waals surface area contributed by atoms with Crippen LogP contribution >= 0.6 is 0 Å². The topological polar surface area (TPSA) is 46.5 Å². The maximum atomic E-state index is 10.5. The predicted octanol–water partition coefficient (Wildman–Crippen LogP) is -0.0157. The van der Waals surface area contributed by atoms with Crippen molar-refractivity contribution in [2.24, 2.45) is 5.41 Å². The van der Waals surface area contributed by atoms with Crippen LogP contribution in [0.5, 0.6) is 0 Å². The molecule has 1 fully saturated rings. The van der Waals surface area contributed by atoms with Gasteiger partial charge in [-0.2, -0.15) is 0 Å². The Hall–Kier alpha value is -0.765. The lowest BCUT2D eigenvalue weighted by Crippen LogP contribution is -2.17. The van der Waals surface area contributed by atoms with Gasteiger partial charge in [-0.3, -0.25) is 4.79 Å². The van der Waals surface area contributed by atoms with Gasteiger partial charge in [0, 0.05) is 6.92 Å². The van der Waals surface area contributed by atoms with E-state index in [1.165, 1.54) is 12.9 Å². The Labute approximate surface area is 72.8 Å². The summed E-state index contributed by atoms with van der Waals surface area (Å²) in [4.78, 5) is 10.5. The molecule has 12 heavy (non-hydrogen) atoms. The van der Waals surface area contributed by atoms with E-state index in [0.29, 0.717) is 0 Å². The number of aliphatic hydroxyl groups excluding tert-OH is 1. The number of carbonyl (C=O) groups is 1. The molecule has 0 aromatic carbocycles. The van der Waals surface area contributed by atoms with Gasteiger partial charge in [0.15, 0.2) is 0 Å². The summed E-state index contributed by atoms with van der Waals surface area (Å²) in [6.45, 7) is 1.57. The fraction of sp³-hybridized carbons (Fsp3) is 0.625. The van der Waals surface area contributed by atoms with Crippen molar-refractivity contribution >= 4 is 13.8 Å². The van der Waals surface area contributed by atoms with Gasteiger partial charge in [-0.1, -0.05) is 5.57 Å². The molecule has 2 radical (unpaired) electrons.